The van der Waals surface area contributed by atoms with Gasteiger partial charge in [0, 0.05) is 48.3 Å². The third kappa shape index (κ3) is 4.20. The summed E-state index contributed by atoms with van der Waals surface area (Å²) in [6.45, 7) is 9.38. The molecular weight excluding hydrogens is 380 g/mol. The van der Waals surface area contributed by atoms with Gasteiger partial charge in [0.1, 0.15) is 0 Å². The quantitative estimate of drug-likeness (QED) is 0.678. The predicted molar refractivity (Wildman–Crippen MR) is 111 cm³/mol. The lowest BCUT2D eigenvalue weighted by atomic mass is 10.0. The van der Waals surface area contributed by atoms with E-state index in [0.29, 0.717) is 6.04 Å². The molecule has 2 aromatic heterocycles. The summed E-state index contributed by atoms with van der Waals surface area (Å²) in [5.74, 6) is 0. The number of hydrogen-bond acceptors (Lipinski definition) is 5. The summed E-state index contributed by atoms with van der Waals surface area (Å²) in [5.41, 5.74) is 3.63. The van der Waals surface area contributed by atoms with Gasteiger partial charge in [0.05, 0.1) is 24.6 Å². The molecule has 1 aliphatic heterocycles. The maximum Gasteiger partial charge on any atom is 0.194 e. The van der Waals surface area contributed by atoms with Crippen LogP contribution in [-0.4, -0.2) is 47.1 Å². The Labute approximate surface area is 168 Å². The number of nitrogens with one attached hydrogen (secondary N) is 1. The highest BCUT2D eigenvalue weighted by molar-refractivity contribution is 7.17. The second-order valence-corrected chi connectivity index (χ2v) is 8.63. The average Bonchev–Trinajstić information content (AvgIpc) is 3.16. The van der Waals surface area contributed by atoms with Crippen molar-refractivity contribution in [1.29, 1.82) is 0 Å². The van der Waals surface area contributed by atoms with Crippen LogP contribution in [0.4, 0.5) is 0 Å². The Morgan fingerprint density at radius 1 is 1.22 bits per heavy atom. The van der Waals surface area contributed by atoms with E-state index in [4.69, 9.17) is 16.3 Å². The van der Waals surface area contributed by atoms with E-state index in [1.54, 1.807) is 11.3 Å². The minimum Gasteiger partial charge on any atom is -0.379 e. The number of rotatable bonds is 6. The molecule has 1 aromatic carbocycles. The topological polar surface area (TPSA) is 41.8 Å². The number of halogens is 1. The Kier molecular flexibility index (Phi) is 5.80. The lowest BCUT2D eigenvalue weighted by Crippen LogP contribution is -2.42. The second kappa shape index (κ2) is 8.29. The first-order chi connectivity index (χ1) is 13.1. The molecule has 0 unspecified atom stereocenters. The standard InChI is InChI=1S/C20H25ClN4OS/c1-14-13-25-18(15(2)23-20(25)27-14)11-22-12-19(24-7-9-26-10-8-24)16-3-5-17(21)6-4-16/h3-6,13,19,22H,7-12H2,1-2H3/t19-/m0/s1. The number of aromatic nitrogens is 2. The number of morpholine rings is 1. The Balaban J connectivity index is 1.49. The van der Waals surface area contributed by atoms with E-state index >= 15 is 0 Å². The van der Waals surface area contributed by atoms with Crippen molar-refractivity contribution in [3.8, 4) is 0 Å². The number of fused-ring (bicyclic) bond motifs is 1. The zero-order valence-corrected chi connectivity index (χ0v) is 17.3. The summed E-state index contributed by atoms with van der Waals surface area (Å²) in [6.07, 6.45) is 2.18. The fourth-order valence-corrected chi connectivity index (χ4v) is 4.70. The zero-order valence-electron chi connectivity index (χ0n) is 15.7. The zero-order chi connectivity index (χ0) is 18.8. The van der Waals surface area contributed by atoms with Gasteiger partial charge in [-0.1, -0.05) is 23.7 Å². The van der Waals surface area contributed by atoms with Crippen molar-refractivity contribution in [1.82, 2.24) is 19.6 Å². The Bertz CT molecular complexity index is 899. The van der Waals surface area contributed by atoms with E-state index in [2.05, 4.69) is 51.8 Å². The number of ether oxygens (including phenoxy) is 1. The molecule has 7 heteroatoms. The van der Waals surface area contributed by atoms with Crippen molar-refractivity contribution >= 4 is 27.9 Å². The number of imidazole rings is 1. The van der Waals surface area contributed by atoms with Crippen LogP contribution in [0.15, 0.2) is 30.5 Å². The van der Waals surface area contributed by atoms with Crippen molar-refractivity contribution in [3.05, 3.63) is 57.3 Å². The summed E-state index contributed by atoms with van der Waals surface area (Å²) in [4.78, 5) is 9.54. The minimum atomic E-state index is 0.305. The van der Waals surface area contributed by atoms with Crippen LogP contribution in [-0.2, 0) is 11.3 Å². The van der Waals surface area contributed by atoms with Gasteiger partial charge >= 0.3 is 0 Å². The van der Waals surface area contributed by atoms with Crippen molar-refractivity contribution in [2.75, 3.05) is 32.8 Å². The Hall–Kier alpha value is -1.44. The summed E-state index contributed by atoms with van der Waals surface area (Å²) in [7, 11) is 0. The molecule has 27 heavy (non-hydrogen) atoms. The Morgan fingerprint density at radius 2 is 1.96 bits per heavy atom. The molecule has 1 atom stereocenters. The maximum absolute atomic E-state index is 6.09. The highest BCUT2D eigenvalue weighted by Crippen LogP contribution is 2.24. The van der Waals surface area contributed by atoms with Gasteiger partial charge in [-0.05, 0) is 31.5 Å². The van der Waals surface area contributed by atoms with Gasteiger partial charge in [0.15, 0.2) is 4.96 Å². The molecule has 0 aliphatic carbocycles. The van der Waals surface area contributed by atoms with Crippen LogP contribution in [0.1, 0.15) is 27.9 Å². The van der Waals surface area contributed by atoms with E-state index in [-0.39, 0.29) is 0 Å². The molecule has 1 aliphatic rings. The lowest BCUT2D eigenvalue weighted by molar-refractivity contribution is 0.0161. The van der Waals surface area contributed by atoms with E-state index in [9.17, 15) is 0 Å². The SMILES string of the molecule is Cc1cn2c(CNC[C@@H](c3ccc(Cl)cc3)N3CCOCC3)c(C)nc2s1. The van der Waals surface area contributed by atoms with Gasteiger partial charge in [-0.15, -0.1) is 11.3 Å². The van der Waals surface area contributed by atoms with Crippen LogP contribution in [0.25, 0.3) is 4.96 Å². The number of aryl methyl sites for hydroxylation is 2. The predicted octanol–water partition coefficient (Wildman–Crippen LogP) is 3.83. The molecule has 0 spiro atoms. The normalized spacial score (nSPS) is 16.9. The molecule has 1 N–H and O–H groups in total. The van der Waals surface area contributed by atoms with Gasteiger partial charge in [-0.2, -0.15) is 0 Å². The first kappa shape index (κ1) is 18.9. The van der Waals surface area contributed by atoms with Gasteiger partial charge in [0.25, 0.3) is 0 Å². The maximum atomic E-state index is 6.09. The minimum absolute atomic E-state index is 0.305. The fraction of sp³-hybridized carbons (Fsp3) is 0.450. The van der Waals surface area contributed by atoms with E-state index in [1.165, 1.54) is 16.1 Å². The second-order valence-electron chi connectivity index (χ2n) is 6.98. The molecule has 0 bridgehead atoms. The fourth-order valence-electron chi connectivity index (χ4n) is 3.68. The molecule has 3 heterocycles. The molecule has 0 radical (unpaired) electrons. The largest absolute Gasteiger partial charge is 0.379 e. The molecule has 1 saturated heterocycles. The van der Waals surface area contributed by atoms with Crippen LogP contribution >= 0.6 is 22.9 Å². The molecule has 4 rings (SSSR count). The highest BCUT2D eigenvalue weighted by Gasteiger charge is 2.22. The van der Waals surface area contributed by atoms with E-state index < -0.39 is 0 Å². The van der Waals surface area contributed by atoms with Crippen molar-refractivity contribution in [2.45, 2.75) is 26.4 Å². The van der Waals surface area contributed by atoms with Crippen LogP contribution in [0, 0.1) is 13.8 Å². The van der Waals surface area contributed by atoms with Gasteiger partial charge < -0.3 is 10.1 Å². The molecule has 144 valence electrons. The molecule has 0 saturated carbocycles. The lowest BCUT2D eigenvalue weighted by Gasteiger charge is -2.35. The first-order valence-corrected chi connectivity index (χ1v) is 10.5. The first-order valence-electron chi connectivity index (χ1n) is 9.34. The van der Waals surface area contributed by atoms with E-state index in [0.717, 1.165) is 55.1 Å². The number of nitrogens with zero attached hydrogens (tertiary/aromatic N) is 3. The van der Waals surface area contributed by atoms with Crippen LogP contribution in [0.3, 0.4) is 0 Å². The molecule has 0 amide bonds. The van der Waals surface area contributed by atoms with Crippen LogP contribution < -0.4 is 5.32 Å². The van der Waals surface area contributed by atoms with Gasteiger partial charge in [-0.25, -0.2) is 4.98 Å². The Morgan fingerprint density at radius 3 is 2.70 bits per heavy atom. The molecule has 1 fully saturated rings. The van der Waals surface area contributed by atoms with Gasteiger partial charge in [-0.3, -0.25) is 9.30 Å². The summed E-state index contributed by atoms with van der Waals surface area (Å²) < 4.78 is 7.76. The third-order valence-electron chi connectivity index (χ3n) is 5.11. The third-order valence-corrected chi connectivity index (χ3v) is 6.26. The summed E-state index contributed by atoms with van der Waals surface area (Å²) in [6, 6.07) is 8.52. The van der Waals surface area contributed by atoms with Crippen LogP contribution in [0.5, 0.6) is 0 Å². The molecular formula is C20H25ClN4OS. The van der Waals surface area contributed by atoms with Crippen molar-refractivity contribution in [3.63, 3.8) is 0 Å². The average molecular weight is 405 g/mol. The van der Waals surface area contributed by atoms with Crippen molar-refractivity contribution in [2.24, 2.45) is 0 Å². The monoisotopic (exact) mass is 404 g/mol. The summed E-state index contributed by atoms with van der Waals surface area (Å²) >= 11 is 7.83. The van der Waals surface area contributed by atoms with Crippen molar-refractivity contribution < 1.29 is 4.74 Å². The molecule has 3 aromatic rings. The number of hydrogen-bond donors (Lipinski definition) is 1. The van der Waals surface area contributed by atoms with Gasteiger partial charge in [0.2, 0.25) is 0 Å². The highest BCUT2D eigenvalue weighted by atomic mass is 35.5. The van der Waals surface area contributed by atoms with Crippen LogP contribution in [0.2, 0.25) is 5.02 Å². The summed E-state index contributed by atoms with van der Waals surface area (Å²) in [5, 5.41) is 4.44. The smallest absolute Gasteiger partial charge is 0.194 e. The molecule has 5 nitrogen and oxygen atoms in total. The van der Waals surface area contributed by atoms with E-state index in [1.807, 2.05) is 12.1 Å². The number of thiazole rings is 1. The number of benzene rings is 1.